The largest absolute Gasteiger partial charge is 0.382 e. The SMILES string of the molecule is Cc1[nH]nc(N)c1C(=O)Nc1ccc(I)cc1Cl. The van der Waals surface area contributed by atoms with Gasteiger partial charge in [-0.1, -0.05) is 11.6 Å². The molecule has 0 bridgehead atoms. The van der Waals surface area contributed by atoms with E-state index in [-0.39, 0.29) is 11.7 Å². The fourth-order valence-electron chi connectivity index (χ4n) is 1.51. The molecular weight excluding hydrogens is 367 g/mol. The molecule has 94 valence electrons. The second-order valence-corrected chi connectivity index (χ2v) is 5.34. The number of hydrogen-bond donors (Lipinski definition) is 3. The lowest BCUT2D eigenvalue weighted by Gasteiger charge is -2.07. The molecule has 2 rings (SSSR count). The Hall–Kier alpha value is -1.28. The fourth-order valence-corrected chi connectivity index (χ4v) is 2.41. The maximum atomic E-state index is 12.0. The van der Waals surface area contributed by atoms with E-state index in [1.807, 2.05) is 6.07 Å². The lowest BCUT2D eigenvalue weighted by Crippen LogP contribution is -2.14. The molecule has 4 N–H and O–H groups in total. The highest BCUT2D eigenvalue weighted by atomic mass is 127. The number of carbonyl (C=O) groups excluding carboxylic acids is 1. The lowest BCUT2D eigenvalue weighted by molar-refractivity contribution is 0.102. The van der Waals surface area contributed by atoms with Crippen molar-refractivity contribution >= 4 is 51.6 Å². The van der Waals surface area contributed by atoms with Crippen LogP contribution in [0.3, 0.4) is 0 Å². The van der Waals surface area contributed by atoms with Gasteiger partial charge in [-0.25, -0.2) is 0 Å². The average Bonchev–Trinajstić information content (AvgIpc) is 2.62. The van der Waals surface area contributed by atoms with Crippen molar-refractivity contribution < 1.29 is 4.79 Å². The molecule has 0 fully saturated rings. The molecule has 0 saturated heterocycles. The number of carbonyl (C=O) groups is 1. The van der Waals surface area contributed by atoms with Crippen LogP contribution in [0.4, 0.5) is 11.5 Å². The van der Waals surface area contributed by atoms with Crippen molar-refractivity contribution in [3.63, 3.8) is 0 Å². The molecule has 2 aromatic rings. The molecular formula is C11H10ClIN4O. The number of hydrogen-bond acceptors (Lipinski definition) is 3. The van der Waals surface area contributed by atoms with Gasteiger partial charge in [0.1, 0.15) is 5.56 Å². The number of halogens is 2. The van der Waals surface area contributed by atoms with Crippen molar-refractivity contribution in [2.75, 3.05) is 11.1 Å². The quantitative estimate of drug-likeness (QED) is 0.705. The minimum atomic E-state index is -0.332. The second-order valence-electron chi connectivity index (χ2n) is 3.69. The molecule has 18 heavy (non-hydrogen) atoms. The summed E-state index contributed by atoms with van der Waals surface area (Å²) in [6.07, 6.45) is 0. The number of aryl methyl sites for hydroxylation is 1. The maximum absolute atomic E-state index is 12.0. The summed E-state index contributed by atoms with van der Waals surface area (Å²) in [6, 6.07) is 5.37. The van der Waals surface area contributed by atoms with Crippen LogP contribution in [-0.4, -0.2) is 16.1 Å². The number of rotatable bonds is 2. The third kappa shape index (κ3) is 2.59. The summed E-state index contributed by atoms with van der Waals surface area (Å²) in [7, 11) is 0. The van der Waals surface area contributed by atoms with Gasteiger partial charge >= 0.3 is 0 Å². The average molecular weight is 377 g/mol. The molecule has 0 spiro atoms. The molecule has 0 aliphatic carbocycles. The number of aromatic amines is 1. The highest BCUT2D eigenvalue weighted by Gasteiger charge is 2.17. The van der Waals surface area contributed by atoms with Crippen LogP contribution in [0.15, 0.2) is 18.2 Å². The Morgan fingerprint density at radius 2 is 2.28 bits per heavy atom. The first-order valence-corrected chi connectivity index (χ1v) is 6.51. The van der Waals surface area contributed by atoms with Gasteiger partial charge in [-0.05, 0) is 47.7 Å². The molecule has 1 aromatic heterocycles. The van der Waals surface area contributed by atoms with Gasteiger partial charge < -0.3 is 11.1 Å². The van der Waals surface area contributed by atoms with Crippen LogP contribution in [0.2, 0.25) is 5.02 Å². The van der Waals surface area contributed by atoms with E-state index in [9.17, 15) is 4.79 Å². The molecule has 1 aromatic carbocycles. The molecule has 0 saturated carbocycles. The Bertz CT molecular complexity index is 592. The number of nitrogen functional groups attached to an aromatic ring is 1. The zero-order valence-electron chi connectivity index (χ0n) is 9.42. The summed E-state index contributed by atoms with van der Waals surface area (Å²) in [6.45, 7) is 1.73. The van der Waals surface area contributed by atoms with Gasteiger partial charge in [-0.3, -0.25) is 9.89 Å². The molecule has 1 heterocycles. The summed E-state index contributed by atoms with van der Waals surface area (Å²) in [4.78, 5) is 12.0. The highest BCUT2D eigenvalue weighted by molar-refractivity contribution is 14.1. The van der Waals surface area contributed by atoms with E-state index in [2.05, 4.69) is 38.1 Å². The van der Waals surface area contributed by atoms with Gasteiger partial charge in [0.25, 0.3) is 5.91 Å². The van der Waals surface area contributed by atoms with Gasteiger partial charge in [0.2, 0.25) is 0 Å². The van der Waals surface area contributed by atoms with Crippen molar-refractivity contribution in [1.29, 1.82) is 0 Å². The van der Waals surface area contributed by atoms with Crippen LogP contribution in [0.1, 0.15) is 16.1 Å². The zero-order valence-corrected chi connectivity index (χ0v) is 12.3. The van der Waals surface area contributed by atoms with E-state index >= 15 is 0 Å². The van der Waals surface area contributed by atoms with Crippen LogP contribution >= 0.6 is 34.2 Å². The van der Waals surface area contributed by atoms with Crippen molar-refractivity contribution in [1.82, 2.24) is 10.2 Å². The minimum Gasteiger partial charge on any atom is -0.382 e. The molecule has 0 unspecified atom stereocenters. The number of aromatic nitrogens is 2. The van der Waals surface area contributed by atoms with E-state index < -0.39 is 0 Å². The van der Waals surface area contributed by atoms with E-state index in [1.165, 1.54) is 0 Å². The molecule has 1 amide bonds. The van der Waals surface area contributed by atoms with Crippen LogP contribution in [-0.2, 0) is 0 Å². The van der Waals surface area contributed by atoms with Gasteiger partial charge in [0.05, 0.1) is 10.7 Å². The van der Waals surface area contributed by atoms with E-state index in [1.54, 1.807) is 19.1 Å². The molecule has 0 aliphatic heterocycles. The standard InChI is InChI=1S/C11H10ClIN4O/c1-5-9(10(14)17-16-5)11(18)15-8-3-2-6(13)4-7(8)12/h2-4H,1H3,(H,15,18)(H3,14,16,17). The highest BCUT2D eigenvalue weighted by Crippen LogP contribution is 2.25. The predicted octanol–water partition coefficient (Wildman–Crippen LogP) is 2.81. The van der Waals surface area contributed by atoms with Gasteiger partial charge in [-0.2, -0.15) is 5.10 Å². The second kappa shape index (κ2) is 5.15. The number of benzene rings is 1. The van der Waals surface area contributed by atoms with Crippen LogP contribution in [0.25, 0.3) is 0 Å². The van der Waals surface area contributed by atoms with Gasteiger partial charge in [0, 0.05) is 9.26 Å². The number of nitrogens with zero attached hydrogens (tertiary/aromatic N) is 1. The molecule has 0 aliphatic rings. The van der Waals surface area contributed by atoms with E-state index in [0.29, 0.717) is 22.0 Å². The van der Waals surface area contributed by atoms with Crippen LogP contribution < -0.4 is 11.1 Å². The molecule has 5 nitrogen and oxygen atoms in total. The Balaban J connectivity index is 2.27. The first-order chi connectivity index (χ1) is 8.49. The third-order valence-electron chi connectivity index (χ3n) is 2.38. The summed E-state index contributed by atoms with van der Waals surface area (Å²) < 4.78 is 0.995. The maximum Gasteiger partial charge on any atom is 0.261 e. The van der Waals surface area contributed by atoms with E-state index in [4.69, 9.17) is 17.3 Å². The normalized spacial score (nSPS) is 10.4. The number of anilines is 2. The molecule has 0 radical (unpaired) electrons. The number of nitrogens with one attached hydrogen (secondary N) is 2. The summed E-state index contributed by atoms with van der Waals surface area (Å²) in [5.74, 6) is -0.159. The first-order valence-electron chi connectivity index (χ1n) is 5.06. The van der Waals surface area contributed by atoms with Crippen molar-refractivity contribution in [2.45, 2.75) is 6.92 Å². The zero-order chi connectivity index (χ0) is 13.3. The van der Waals surface area contributed by atoms with Crippen LogP contribution in [0, 0.1) is 10.5 Å². The minimum absolute atomic E-state index is 0.173. The lowest BCUT2D eigenvalue weighted by atomic mass is 10.2. The molecule has 0 atom stereocenters. The van der Waals surface area contributed by atoms with Crippen molar-refractivity contribution in [2.24, 2.45) is 0 Å². The van der Waals surface area contributed by atoms with Crippen molar-refractivity contribution in [3.05, 3.63) is 38.0 Å². The van der Waals surface area contributed by atoms with Crippen molar-refractivity contribution in [3.8, 4) is 0 Å². The third-order valence-corrected chi connectivity index (χ3v) is 3.37. The summed E-state index contributed by atoms with van der Waals surface area (Å²) in [5.41, 5.74) is 7.12. The predicted molar refractivity (Wildman–Crippen MR) is 79.9 cm³/mol. The number of amides is 1. The summed E-state index contributed by atoms with van der Waals surface area (Å²) >= 11 is 8.19. The fraction of sp³-hybridized carbons (Fsp3) is 0.0909. The van der Waals surface area contributed by atoms with Gasteiger partial charge in [0.15, 0.2) is 5.82 Å². The number of H-pyrrole nitrogens is 1. The Labute approximate surface area is 122 Å². The van der Waals surface area contributed by atoms with Crippen LogP contribution in [0.5, 0.6) is 0 Å². The smallest absolute Gasteiger partial charge is 0.261 e. The first kappa shape index (κ1) is 13.2. The molecule has 7 heteroatoms. The monoisotopic (exact) mass is 376 g/mol. The Kier molecular flexibility index (Phi) is 3.76. The van der Waals surface area contributed by atoms with E-state index in [0.717, 1.165) is 3.57 Å². The Morgan fingerprint density at radius 3 is 2.83 bits per heavy atom. The topological polar surface area (TPSA) is 83.8 Å². The Morgan fingerprint density at radius 1 is 1.56 bits per heavy atom. The van der Waals surface area contributed by atoms with Gasteiger partial charge in [-0.15, -0.1) is 0 Å². The number of nitrogens with two attached hydrogens (primary N) is 1. The summed E-state index contributed by atoms with van der Waals surface area (Å²) in [5, 5.41) is 9.62.